The lowest BCUT2D eigenvalue weighted by Gasteiger charge is -2.35. The molecule has 0 aromatic heterocycles. The topological polar surface area (TPSA) is 24.5 Å². The average Bonchev–Trinajstić information content (AvgIpc) is 2.41. The second-order valence-electron chi connectivity index (χ2n) is 4.80. The van der Waals surface area contributed by atoms with Crippen LogP contribution < -0.4 is 10.1 Å². The van der Waals surface area contributed by atoms with Crippen LogP contribution in [-0.4, -0.2) is 43.9 Å². The van der Waals surface area contributed by atoms with Crippen molar-refractivity contribution in [2.45, 2.75) is 18.8 Å². The third-order valence-electron chi connectivity index (χ3n) is 3.30. The molecule has 0 aliphatic carbocycles. The van der Waals surface area contributed by atoms with Crippen molar-refractivity contribution >= 4 is 40.7 Å². The first-order valence-corrected chi connectivity index (χ1v) is 7.35. The van der Waals surface area contributed by atoms with Gasteiger partial charge in [0.05, 0.1) is 0 Å². The van der Waals surface area contributed by atoms with Gasteiger partial charge in [-0.05, 0) is 18.2 Å². The van der Waals surface area contributed by atoms with Crippen LogP contribution in [0.1, 0.15) is 11.6 Å². The molecule has 0 radical (unpaired) electrons. The van der Waals surface area contributed by atoms with E-state index in [0.717, 1.165) is 6.07 Å². The van der Waals surface area contributed by atoms with E-state index < -0.39 is 24.6 Å². The van der Waals surface area contributed by atoms with Gasteiger partial charge in [-0.15, -0.1) is 38.0 Å². The van der Waals surface area contributed by atoms with E-state index in [-0.39, 0.29) is 30.4 Å². The number of nitrogens with zero attached hydrogens (tertiary/aromatic N) is 1. The maximum Gasteiger partial charge on any atom is 0.573 e. The number of benzene rings is 1. The molecule has 11 heteroatoms. The number of hydrogen-bond donors (Lipinski definition) is 1. The number of nitrogens with one attached hydrogen (secondary N) is 1. The number of ether oxygens (including phenoxy) is 1. The molecule has 1 aromatic carbocycles. The van der Waals surface area contributed by atoms with E-state index in [4.69, 9.17) is 0 Å². The molecule has 1 heterocycles. The molecule has 1 aromatic rings. The second-order valence-corrected chi connectivity index (χ2v) is 5.71. The normalized spacial score (nSPS) is 17.0. The fraction of sp³-hybridized carbons (Fsp3) is 0.538. The molecule has 1 aliphatic heterocycles. The second kappa shape index (κ2) is 9.96. The van der Waals surface area contributed by atoms with E-state index in [9.17, 15) is 22.0 Å². The third-order valence-corrected chi connectivity index (χ3v) is 3.79. The van der Waals surface area contributed by atoms with Gasteiger partial charge < -0.3 is 10.1 Å². The van der Waals surface area contributed by atoms with Gasteiger partial charge in [-0.2, -0.15) is 0 Å². The van der Waals surface area contributed by atoms with Crippen molar-refractivity contribution < 1.29 is 26.7 Å². The molecule has 0 saturated carbocycles. The van der Waals surface area contributed by atoms with Gasteiger partial charge in [0.25, 0.3) is 6.43 Å². The lowest BCUT2D eigenvalue weighted by Crippen LogP contribution is -2.47. The summed E-state index contributed by atoms with van der Waals surface area (Å²) in [6.07, 6.45) is -7.76. The fourth-order valence-electron chi connectivity index (χ4n) is 2.42. The first kappa shape index (κ1) is 23.6. The quantitative estimate of drug-likeness (QED) is 0.672. The van der Waals surface area contributed by atoms with Gasteiger partial charge in [-0.1, -0.05) is 15.9 Å². The minimum atomic E-state index is -4.93. The van der Waals surface area contributed by atoms with Crippen LogP contribution in [0.15, 0.2) is 22.7 Å². The highest BCUT2D eigenvalue weighted by atomic mass is 79.9. The zero-order valence-electron chi connectivity index (χ0n) is 12.2. The third kappa shape index (κ3) is 6.51. The first-order valence-electron chi connectivity index (χ1n) is 6.56. The van der Waals surface area contributed by atoms with Crippen molar-refractivity contribution in [3.8, 4) is 5.75 Å². The summed E-state index contributed by atoms with van der Waals surface area (Å²) in [6.45, 7) is 1.67. The molecule has 1 atom stereocenters. The van der Waals surface area contributed by atoms with E-state index in [0.29, 0.717) is 30.7 Å². The standard InChI is InChI=1S/C13H14BrF5N2O.2ClH/c14-8-1-2-10(22-13(17,18)19)9(7-8)11(12(15)16)21-5-3-20-4-6-21;;/h1-2,7,11-12,20H,3-6H2;2*1H/t11-;;/m1../s1. The van der Waals surface area contributed by atoms with E-state index in [1.54, 1.807) is 0 Å². The molecule has 0 unspecified atom stereocenters. The monoisotopic (exact) mass is 460 g/mol. The zero-order valence-corrected chi connectivity index (χ0v) is 15.4. The average molecular weight is 462 g/mol. The number of rotatable bonds is 4. The summed E-state index contributed by atoms with van der Waals surface area (Å²) in [4.78, 5) is 1.46. The van der Waals surface area contributed by atoms with Gasteiger partial charge in [0.2, 0.25) is 0 Å². The van der Waals surface area contributed by atoms with Gasteiger partial charge in [0, 0.05) is 36.2 Å². The number of alkyl halides is 5. The SMILES string of the molecule is Cl.Cl.FC(F)[C@@H](c1cc(Br)ccc1OC(F)(F)F)N1CCNCC1. The zero-order chi connectivity index (χ0) is 16.3. The van der Waals surface area contributed by atoms with Gasteiger partial charge in [-0.25, -0.2) is 8.78 Å². The highest BCUT2D eigenvalue weighted by molar-refractivity contribution is 9.10. The predicted octanol–water partition coefficient (Wildman–Crippen LogP) is 4.40. The Bertz CT molecular complexity index is 516. The van der Waals surface area contributed by atoms with Crippen molar-refractivity contribution in [2.24, 2.45) is 0 Å². The lowest BCUT2D eigenvalue weighted by molar-refractivity contribution is -0.275. The Kier molecular flexibility index (Phi) is 9.81. The first-order chi connectivity index (χ1) is 10.3. The fourth-order valence-corrected chi connectivity index (χ4v) is 2.80. The Morgan fingerprint density at radius 3 is 2.21 bits per heavy atom. The predicted molar refractivity (Wildman–Crippen MR) is 88.5 cm³/mol. The van der Waals surface area contributed by atoms with Gasteiger partial charge in [-0.3, -0.25) is 4.90 Å². The Hall–Kier alpha value is -0.350. The van der Waals surface area contributed by atoms with Crippen LogP contribution in [0.5, 0.6) is 5.75 Å². The van der Waals surface area contributed by atoms with Crippen LogP contribution in [-0.2, 0) is 0 Å². The molecule has 1 saturated heterocycles. The molecule has 3 nitrogen and oxygen atoms in total. The molecular formula is C13H16BrCl2F5N2O. The summed E-state index contributed by atoms with van der Waals surface area (Å²) < 4.78 is 68.8. The Balaban J connectivity index is 0.00000264. The van der Waals surface area contributed by atoms with E-state index >= 15 is 0 Å². The highest BCUT2D eigenvalue weighted by Crippen LogP contribution is 2.38. The molecular weight excluding hydrogens is 446 g/mol. The number of halogens is 8. The largest absolute Gasteiger partial charge is 0.573 e. The number of piperazine rings is 1. The number of hydrogen-bond acceptors (Lipinski definition) is 3. The molecule has 2 rings (SSSR count). The van der Waals surface area contributed by atoms with Crippen molar-refractivity contribution in [3.05, 3.63) is 28.2 Å². The maximum absolute atomic E-state index is 13.5. The maximum atomic E-state index is 13.5. The van der Waals surface area contributed by atoms with Gasteiger partial charge in [0.1, 0.15) is 11.8 Å². The van der Waals surface area contributed by atoms with Crippen molar-refractivity contribution in [3.63, 3.8) is 0 Å². The summed E-state index contributed by atoms with van der Waals surface area (Å²) in [7, 11) is 0. The Morgan fingerprint density at radius 2 is 1.71 bits per heavy atom. The van der Waals surface area contributed by atoms with Crippen LogP contribution in [0.25, 0.3) is 0 Å². The van der Waals surface area contributed by atoms with Crippen LogP contribution in [0, 0.1) is 0 Å². The van der Waals surface area contributed by atoms with Crippen LogP contribution in [0.4, 0.5) is 22.0 Å². The van der Waals surface area contributed by atoms with Gasteiger partial charge >= 0.3 is 6.36 Å². The van der Waals surface area contributed by atoms with Crippen LogP contribution in [0.3, 0.4) is 0 Å². The van der Waals surface area contributed by atoms with Crippen molar-refractivity contribution in [1.82, 2.24) is 10.2 Å². The molecule has 1 aliphatic rings. The molecule has 140 valence electrons. The van der Waals surface area contributed by atoms with E-state index in [1.165, 1.54) is 17.0 Å². The Morgan fingerprint density at radius 1 is 1.12 bits per heavy atom. The van der Waals surface area contributed by atoms with E-state index in [1.807, 2.05) is 0 Å². The molecule has 0 bridgehead atoms. The van der Waals surface area contributed by atoms with Crippen molar-refractivity contribution in [2.75, 3.05) is 26.2 Å². The molecule has 1 fully saturated rings. The van der Waals surface area contributed by atoms with E-state index in [2.05, 4.69) is 26.0 Å². The van der Waals surface area contributed by atoms with Crippen molar-refractivity contribution in [1.29, 1.82) is 0 Å². The summed E-state index contributed by atoms with van der Waals surface area (Å²) >= 11 is 3.10. The summed E-state index contributed by atoms with van der Waals surface area (Å²) in [5.41, 5.74) is -0.177. The molecule has 24 heavy (non-hydrogen) atoms. The smallest absolute Gasteiger partial charge is 0.405 e. The summed E-state index contributed by atoms with van der Waals surface area (Å²) in [5, 5.41) is 3.02. The molecule has 1 N–H and O–H groups in total. The Labute approximate surface area is 156 Å². The van der Waals surface area contributed by atoms with Crippen LogP contribution in [0.2, 0.25) is 0 Å². The summed E-state index contributed by atoms with van der Waals surface area (Å²) in [5.74, 6) is -0.598. The molecule has 0 spiro atoms. The molecule has 0 amide bonds. The minimum absolute atomic E-state index is 0. The highest BCUT2D eigenvalue weighted by Gasteiger charge is 2.37. The lowest BCUT2D eigenvalue weighted by atomic mass is 10.0. The van der Waals surface area contributed by atoms with Crippen LogP contribution >= 0.6 is 40.7 Å². The minimum Gasteiger partial charge on any atom is -0.405 e. The summed E-state index contributed by atoms with van der Waals surface area (Å²) in [6, 6.07) is 2.17. The van der Waals surface area contributed by atoms with Gasteiger partial charge in [0.15, 0.2) is 0 Å².